The molecule has 2 heterocycles. The SMILES string of the molecule is CO[C@@H]1[C@H](O)CC[C@]2(CO2)[C@@H]1[C@@]1(C)O[C@@H]1CC=C(C)C. The quantitative estimate of drug-likeness (QED) is 0.633. The van der Waals surface area contributed by atoms with Crippen molar-refractivity contribution in [1.29, 1.82) is 0 Å². The van der Waals surface area contributed by atoms with E-state index in [2.05, 4.69) is 26.8 Å². The van der Waals surface area contributed by atoms with Crippen LogP contribution in [-0.4, -0.2) is 48.3 Å². The Morgan fingerprint density at radius 2 is 2.15 bits per heavy atom. The molecule has 1 spiro atoms. The highest BCUT2D eigenvalue weighted by Gasteiger charge is 2.71. The van der Waals surface area contributed by atoms with Gasteiger partial charge in [-0.3, -0.25) is 0 Å². The number of aliphatic hydroxyl groups excluding tert-OH is 1. The zero-order valence-corrected chi connectivity index (χ0v) is 12.9. The number of methoxy groups -OCH3 is 1. The van der Waals surface area contributed by atoms with E-state index < -0.39 is 6.10 Å². The van der Waals surface area contributed by atoms with Crippen LogP contribution in [0.3, 0.4) is 0 Å². The molecule has 0 unspecified atom stereocenters. The molecule has 2 aliphatic heterocycles. The minimum absolute atomic E-state index is 0.117. The van der Waals surface area contributed by atoms with Crippen LogP contribution in [0.15, 0.2) is 11.6 Å². The molecule has 3 fully saturated rings. The van der Waals surface area contributed by atoms with E-state index in [0.29, 0.717) is 0 Å². The summed E-state index contributed by atoms with van der Waals surface area (Å²) in [6, 6.07) is 0. The average molecular weight is 282 g/mol. The topological polar surface area (TPSA) is 54.5 Å². The van der Waals surface area contributed by atoms with Gasteiger partial charge in [0, 0.05) is 7.11 Å². The third-order valence-corrected chi connectivity index (χ3v) is 5.26. The molecular weight excluding hydrogens is 256 g/mol. The molecule has 0 bridgehead atoms. The number of hydrogen-bond acceptors (Lipinski definition) is 4. The molecular formula is C16H26O4. The molecule has 2 saturated heterocycles. The van der Waals surface area contributed by atoms with E-state index in [1.54, 1.807) is 7.11 Å². The van der Waals surface area contributed by atoms with Gasteiger partial charge in [0.05, 0.1) is 36.4 Å². The highest BCUT2D eigenvalue weighted by Crippen LogP contribution is 2.59. The fourth-order valence-electron chi connectivity index (χ4n) is 3.96. The maximum Gasteiger partial charge on any atom is 0.101 e. The Balaban J connectivity index is 1.78. The first kappa shape index (κ1) is 14.5. The van der Waals surface area contributed by atoms with Crippen LogP contribution in [-0.2, 0) is 14.2 Å². The second-order valence-corrected chi connectivity index (χ2v) is 6.94. The van der Waals surface area contributed by atoms with Gasteiger partial charge in [0.25, 0.3) is 0 Å². The average Bonchev–Trinajstić information content (AvgIpc) is 3.29. The van der Waals surface area contributed by atoms with E-state index in [9.17, 15) is 5.11 Å². The lowest BCUT2D eigenvalue weighted by Gasteiger charge is -2.41. The van der Waals surface area contributed by atoms with Crippen LogP contribution in [0.4, 0.5) is 0 Å². The molecule has 4 heteroatoms. The molecule has 3 rings (SSSR count). The van der Waals surface area contributed by atoms with Crippen LogP contribution in [0.2, 0.25) is 0 Å². The van der Waals surface area contributed by atoms with E-state index in [-0.39, 0.29) is 29.3 Å². The monoisotopic (exact) mass is 282 g/mol. The van der Waals surface area contributed by atoms with Gasteiger partial charge >= 0.3 is 0 Å². The summed E-state index contributed by atoms with van der Waals surface area (Å²) in [4.78, 5) is 0. The summed E-state index contributed by atoms with van der Waals surface area (Å²) >= 11 is 0. The maximum absolute atomic E-state index is 10.2. The molecule has 0 aromatic rings. The lowest BCUT2D eigenvalue weighted by molar-refractivity contribution is -0.116. The maximum atomic E-state index is 10.2. The van der Waals surface area contributed by atoms with E-state index in [1.807, 2.05) is 0 Å². The Morgan fingerprint density at radius 1 is 1.45 bits per heavy atom. The molecule has 0 aromatic carbocycles. The van der Waals surface area contributed by atoms with Gasteiger partial charge in [-0.1, -0.05) is 11.6 Å². The number of hydrogen-bond donors (Lipinski definition) is 1. The van der Waals surface area contributed by atoms with Gasteiger partial charge in [0.2, 0.25) is 0 Å². The van der Waals surface area contributed by atoms with Gasteiger partial charge in [-0.05, 0) is 40.0 Å². The van der Waals surface area contributed by atoms with Gasteiger partial charge < -0.3 is 19.3 Å². The van der Waals surface area contributed by atoms with Gasteiger partial charge in [-0.15, -0.1) is 0 Å². The number of aliphatic hydroxyl groups is 1. The highest BCUT2D eigenvalue weighted by atomic mass is 16.6. The Hall–Kier alpha value is -0.420. The molecule has 4 nitrogen and oxygen atoms in total. The summed E-state index contributed by atoms with van der Waals surface area (Å²) in [5.41, 5.74) is 0.964. The zero-order chi connectivity index (χ0) is 14.5. The number of epoxide rings is 2. The van der Waals surface area contributed by atoms with E-state index >= 15 is 0 Å². The molecule has 114 valence electrons. The summed E-state index contributed by atoms with van der Waals surface area (Å²) in [6.45, 7) is 7.13. The van der Waals surface area contributed by atoms with Gasteiger partial charge in [-0.2, -0.15) is 0 Å². The summed E-state index contributed by atoms with van der Waals surface area (Å²) in [5, 5.41) is 10.2. The first-order chi connectivity index (χ1) is 9.43. The predicted molar refractivity (Wildman–Crippen MR) is 75.5 cm³/mol. The molecule has 6 atom stereocenters. The predicted octanol–water partition coefficient (Wildman–Crippen LogP) is 2.06. The van der Waals surface area contributed by atoms with Crippen molar-refractivity contribution in [3.8, 4) is 0 Å². The van der Waals surface area contributed by atoms with Gasteiger partial charge in [0.1, 0.15) is 5.60 Å². The molecule has 1 N–H and O–H groups in total. The van der Waals surface area contributed by atoms with Crippen LogP contribution < -0.4 is 0 Å². The lowest BCUT2D eigenvalue weighted by Crippen LogP contribution is -2.54. The van der Waals surface area contributed by atoms with Gasteiger partial charge in [0.15, 0.2) is 0 Å². The first-order valence-electron chi connectivity index (χ1n) is 7.59. The molecule has 3 aliphatic rings. The first-order valence-corrected chi connectivity index (χ1v) is 7.59. The Kier molecular flexibility index (Phi) is 3.49. The lowest BCUT2D eigenvalue weighted by atomic mass is 9.68. The fraction of sp³-hybridized carbons (Fsp3) is 0.875. The molecule has 20 heavy (non-hydrogen) atoms. The largest absolute Gasteiger partial charge is 0.390 e. The standard InChI is InChI=1S/C16H26O4/c1-10(2)5-6-12-15(3,20-12)14-13(18-4)11(17)7-8-16(14)9-19-16/h5,11-14,17H,6-9H2,1-4H3/t11-,12-,13-,14+,15+,16+/m1/s1. The smallest absolute Gasteiger partial charge is 0.101 e. The van der Waals surface area contributed by atoms with Gasteiger partial charge in [-0.25, -0.2) is 0 Å². The van der Waals surface area contributed by atoms with Crippen LogP contribution in [0, 0.1) is 5.92 Å². The number of allylic oxidation sites excluding steroid dienone is 1. The molecule has 1 saturated carbocycles. The van der Waals surface area contributed by atoms with E-state index in [4.69, 9.17) is 14.2 Å². The summed E-state index contributed by atoms with van der Waals surface area (Å²) in [6.07, 6.45) is 4.43. The molecule has 1 aliphatic carbocycles. The molecule has 0 radical (unpaired) electrons. The Labute approximate surface area is 121 Å². The van der Waals surface area contributed by atoms with Crippen molar-refractivity contribution in [2.24, 2.45) is 5.92 Å². The molecule has 0 amide bonds. The summed E-state index contributed by atoms with van der Waals surface area (Å²) in [7, 11) is 1.68. The minimum Gasteiger partial charge on any atom is -0.390 e. The van der Waals surface area contributed by atoms with Crippen LogP contribution in [0.25, 0.3) is 0 Å². The summed E-state index contributed by atoms with van der Waals surface area (Å²) < 4.78 is 17.4. The normalized spacial score (nSPS) is 50.0. The van der Waals surface area contributed by atoms with Crippen molar-refractivity contribution in [3.63, 3.8) is 0 Å². The van der Waals surface area contributed by atoms with Crippen molar-refractivity contribution in [3.05, 3.63) is 11.6 Å². The minimum atomic E-state index is -0.412. The second kappa shape index (κ2) is 4.80. The van der Waals surface area contributed by atoms with Crippen molar-refractivity contribution < 1.29 is 19.3 Å². The van der Waals surface area contributed by atoms with E-state index in [0.717, 1.165) is 25.9 Å². The summed E-state index contributed by atoms with van der Waals surface area (Å²) in [5.74, 6) is 0.124. The van der Waals surface area contributed by atoms with E-state index in [1.165, 1.54) is 5.57 Å². The fourth-order valence-corrected chi connectivity index (χ4v) is 3.96. The Morgan fingerprint density at radius 3 is 2.70 bits per heavy atom. The third-order valence-electron chi connectivity index (χ3n) is 5.26. The second-order valence-electron chi connectivity index (χ2n) is 6.94. The number of ether oxygens (including phenoxy) is 3. The zero-order valence-electron chi connectivity index (χ0n) is 12.9. The van der Waals surface area contributed by atoms with Crippen LogP contribution in [0.5, 0.6) is 0 Å². The molecule has 0 aromatic heterocycles. The Bertz CT molecular complexity index is 411. The number of rotatable bonds is 4. The van der Waals surface area contributed by atoms with Crippen molar-refractivity contribution >= 4 is 0 Å². The van der Waals surface area contributed by atoms with Crippen molar-refractivity contribution in [1.82, 2.24) is 0 Å². The van der Waals surface area contributed by atoms with Crippen molar-refractivity contribution in [2.75, 3.05) is 13.7 Å². The van der Waals surface area contributed by atoms with Crippen molar-refractivity contribution in [2.45, 2.75) is 69.5 Å². The third kappa shape index (κ3) is 2.23. The van der Waals surface area contributed by atoms with Crippen LogP contribution >= 0.6 is 0 Å². The van der Waals surface area contributed by atoms with Crippen LogP contribution in [0.1, 0.15) is 40.0 Å². The highest BCUT2D eigenvalue weighted by molar-refractivity contribution is 5.20.